The summed E-state index contributed by atoms with van der Waals surface area (Å²) >= 11 is 0. The number of halogens is 1. The predicted molar refractivity (Wildman–Crippen MR) is 110 cm³/mol. The zero-order valence-electron chi connectivity index (χ0n) is 17.2. The minimum atomic E-state index is -0.585. The minimum Gasteiger partial charge on any atom is -0.487 e. The van der Waals surface area contributed by atoms with Gasteiger partial charge < -0.3 is 15.2 Å². The molecule has 0 saturated heterocycles. The van der Waals surface area contributed by atoms with Gasteiger partial charge in [0, 0.05) is 12.6 Å². The Labute approximate surface area is 178 Å². The molecule has 1 atom stereocenters. The fourth-order valence-corrected chi connectivity index (χ4v) is 4.02. The molecule has 158 valence electrons. The molecule has 1 saturated carbocycles. The zero-order valence-corrected chi connectivity index (χ0v) is 17.2. The molecule has 1 aliphatic heterocycles. The molecule has 0 amide bonds. The van der Waals surface area contributed by atoms with E-state index in [1.54, 1.807) is 24.7 Å². The van der Waals surface area contributed by atoms with Gasteiger partial charge in [0.2, 0.25) is 0 Å². The van der Waals surface area contributed by atoms with Gasteiger partial charge in [-0.15, -0.1) is 0 Å². The van der Waals surface area contributed by atoms with E-state index in [0.29, 0.717) is 41.1 Å². The van der Waals surface area contributed by atoms with Gasteiger partial charge in [-0.05, 0) is 50.8 Å². The summed E-state index contributed by atoms with van der Waals surface area (Å²) in [5, 5.41) is 14.3. The summed E-state index contributed by atoms with van der Waals surface area (Å²) < 4.78 is 28.0. The first-order valence-corrected chi connectivity index (χ1v) is 10.1. The monoisotopic (exact) mass is 420 g/mol. The number of hydrogen-bond donors (Lipinski definition) is 1. The molecule has 2 N–H and O–H groups in total. The summed E-state index contributed by atoms with van der Waals surface area (Å²) in [6, 6.07) is 6.63. The van der Waals surface area contributed by atoms with Crippen molar-refractivity contribution in [3.63, 3.8) is 0 Å². The molecule has 1 unspecified atom stereocenters. The molecule has 1 fully saturated rings. The number of fused-ring (bicyclic) bond motifs is 5. The van der Waals surface area contributed by atoms with Crippen molar-refractivity contribution in [3.05, 3.63) is 47.2 Å². The molecule has 5 rings (SSSR count). The van der Waals surface area contributed by atoms with Crippen LogP contribution in [-0.4, -0.2) is 25.3 Å². The van der Waals surface area contributed by atoms with Crippen LogP contribution in [0.1, 0.15) is 49.2 Å². The average Bonchev–Trinajstić information content (AvgIpc) is 3.43. The van der Waals surface area contributed by atoms with Gasteiger partial charge in [-0.1, -0.05) is 0 Å². The van der Waals surface area contributed by atoms with Crippen LogP contribution in [0.3, 0.4) is 0 Å². The largest absolute Gasteiger partial charge is 0.487 e. The fraction of sp³-hybridized carbons (Fsp3) is 0.364. The molecule has 2 aromatic heterocycles. The Morgan fingerprint density at radius 3 is 2.87 bits per heavy atom. The topological polar surface area (TPSA) is 112 Å². The molecule has 31 heavy (non-hydrogen) atoms. The van der Waals surface area contributed by atoms with E-state index >= 15 is 0 Å². The van der Waals surface area contributed by atoms with E-state index in [4.69, 9.17) is 15.2 Å². The molecular weight excluding hydrogens is 399 g/mol. The quantitative estimate of drug-likeness (QED) is 0.593. The molecule has 1 aliphatic carbocycles. The second-order valence-corrected chi connectivity index (χ2v) is 8.08. The van der Waals surface area contributed by atoms with Gasteiger partial charge in [0.1, 0.15) is 35.0 Å². The number of nitriles is 1. The molecule has 0 radical (unpaired) electrons. The van der Waals surface area contributed by atoms with Crippen molar-refractivity contribution in [3.8, 4) is 29.0 Å². The summed E-state index contributed by atoms with van der Waals surface area (Å²) in [6.07, 6.45) is 4.03. The summed E-state index contributed by atoms with van der Waals surface area (Å²) in [5.74, 6) is 0.411. The van der Waals surface area contributed by atoms with Gasteiger partial charge in [-0.3, -0.25) is 4.68 Å². The van der Waals surface area contributed by atoms with Crippen molar-refractivity contribution in [2.75, 3.05) is 5.73 Å². The van der Waals surface area contributed by atoms with Gasteiger partial charge in [0.25, 0.3) is 5.88 Å². The second kappa shape index (κ2) is 6.94. The predicted octanol–water partition coefficient (Wildman–Crippen LogP) is 3.47. The molecule has 1 aromatic carbocycles. The number of nitrogens with zero attached hydrogens (tertiary/aromatic N) is 5. The van der Waals surface area contributed by atoms with Crippen molar-refractivity contribution < 1.29 is 13.9 Å². The van der Waals surface area contributed by atoms with Crippen LogP contribution >= 0.6 is 0 Å². The van der Waals surface area contributed by atoms with Crippen LogP contribution in [0.4, 0.5) is 10.2 Å². The van der Waals surface area contributed by atoms with E-state index in [-0.39, 0.29) is 23.1 Å². The van der Waals surface area contributed by atoms with Gasteiger partial charge in [0.15, 0.2) is 5.82 Å². The molecule has 9 heteroatoms. The Hall–Kier alpha value is -3.67. The highest BCUT2D eigenvalue weighted by molar-refractivity contribution is 5.69. The number of hydrogen-bond acceptors (Lipinski definition) is 7. The normalized spacial score (nSPS) is 18.8. The lowest BCUT2D eigenvalue weighted by molar-refractivity contribution is 0.155. The van der Waals surface area contributed by atoms with E-state index < -0.39 is 6.10 Å². The number of anilines is 1. The highest BCUT2D eigenvalue weighted by Gasteiger charge is 2.46. The number of benzene rings is 1. The number of aryl methyl sites for hydroxylation is 2. The third kappa shape index (κ3) is 3.34. The van der Waals surface area contributed by atoms with Crippen LogP contribution in [0.2, 0.25) is 0 Å². The number of aromatic nitrogens is 4. The maximum atomic E-state index is 14.1. The van der Waals surface area contributed by atoms with Crippen molar-refractivity contribution >= 4 is 5.82 Å². The smallest absolute Gasteiger partial charge is 0.258 e. The zero-order chi connectivity index (χ0) is 21.8. The lowest BCUT2D eigenvalue weighted by atomic mass is 10.0. The SMILES string of the molecule is CC1Oc2nc(cnc2N)-c2c(nn(C)c2C#N)CCC2(CC2)Oc2ccc(F)cc21. The molecule has 3 heterocycles. The van der Waals surface area contributed by atoms with E-state index in [2.05, 4.69) is 21.1 Å². The van der Waals surface area contributed by atoms with Gasteiger partial charge in [0.05, 0.1) is 23.1 Å². The molecule has 3 aromatic rings. The summed E-state index contributed by atoms with van der Waals surface area (Å²) in [4.78, 5) is 8.77. The molecule has 2 bridgehead atoms. The third-order valence-corrected chi connectivity index (χ3v) is 5.90. The van der Waals surface area contributed by atoms with Crippen molar-refractivity contribution in [2.45, 2.75) is 44.3 Å². The van der Waals surface area contributed by atoms with E-state index in [1.165, 1.54) is 18.3 Å². The number of rotatable bonds is 0. The average molecular weight is 420 g/mol. The lowest BCUT2D eigenvalue weighted by Crippen LogP contribution is -2.21. The second-order valence-electron chi connectivity index (χ2n) is 8.08. The Morgan fingerprint density at radius 2 is 2.13 bits per heavy atom. The molecule has 1 spiro atoms. The van der Waals surface area contributed by atoms with E-state index in [1.807, 2.05) is 0 Å². The Morgan fingerprint density at radius 1 is 1.32 bits per heavy atom. The van der Waals surface area contributed by atoms with E-state index in [0.717, 1.165) is 18.5 Å². The van der Waals surface area contributed by atoms with Gasteiger partial charge in [-0.2, -0.15) is 10.4 Å². The number of nitrogen functional groups attached to an aromatic ring is 1. The van der Waals surface area contributed by atoms with Crippen LogP contribution in [0.15, 0.2) is 24.4 Å². The first kappa shape index (κ1) is 19.3. The van der Waals surface area contributed by atoms with Gasteiger partial charge >= 0.3 is 0 Å². The Balaban J connectivity index is 1.68. The molecular formula is C22H21FN6O2. The van der Waals surface area contributed by atoms with Crippen LogP contribution in [0.5, 0.6) is 11.6 Å². The van der Waals surface area contributed by atoms with Crippen molar-refractivity contribution in [1.82, 2.24) is 19.7 Å². The standard InChI is InChI=1S/C22H21FN6O2/c1-12-14-9-13(23)3-4-18(14)31-22(7-8-22)6-5-15-19(17(10-24)29(2)28-15)16-11-26-20(25)21(27-16)30-12/h3-4,9,11-12H,5-8H2,1-2H3,(H2,25,26). The van der Waals surface area contributed by atoms with Crippen LogP contribution < -0.4 is 15.2 Å². The van der Waals surface area contributed by atoms with Crippen molar-refractivity contribution in [1.29, 1.82) is 5.26 Å². The third-order valence-electron chi connectivity index (χ3n) is 5.90. The lowest BCUT2D eigenvalue weighted by Gasteiger charge is -2.23. The van der Waals surface area contributed by atoms with Crippen LogP contribution in [0.25, 0.3) is 11.3 Å². The highest BCUT2D eigenvalue weighted by atomic mass is 19.1. The summed E-state index contributed by atoms with van der Waals surface area (Å²) in [7, 11) is 1.73. The van der Waals surface area contributed by atoms with Crippen LogP contribution in [-0.2, 0) is 13.5 Å². The first-order chi connectivity index (χ1) is 14.9. The van der Waals surface area contributed by atoms with Crippen LogP contribution in [0, 0.1) is 17.1 Å². The highest BCUT2D eigenvalue weighted by Crippen LogP contribution is 2.46. The Kier molecular flexibility index (Phi) is 4.32. The number of ether oxygens (including phenoxy) is 2. The fourth-order valence-electron chi connectivity index (χ4n) is 4.02. The maximum absolute atomic E-state index is 14.1. The summed E-state index contributed by atoms with van der Waals surface area (Å²) in [6.45, 7) is 1.78. The minimum absolute atomic E-state index is 0.104. The van der Waals surface area contributed by atoms with Crippen molar-refractivity contribution in [2.24, 2.45) is 7.05 Å². The molecule has 2 aliphatic rings. The maximum Gasteiger partial charge on any atom is 0.258 e. The number of nitrogens with two attached hydrogens (primary N) is 1. The molecule has 8 nitrogen and oxygen atoms in total. The Bertz CT molecular complexity index is 1230. The van der Waals surface area contributed by atoms with Gasteiger partial charge in [-0.25, -0.2) is 14.4 Å². The first-order valence-electron chi connectivity index (χ1n) is 10.1. The van der Waals surface area contributed by atoms with E-state index in [9.17, 15) is 9.65 Å². The summed E-state index contributed by atoms with van der Waals surface area (Å²) in [5.41, 5.74) is 8.46.